The summed E-state index contributed by atoms with van der Waals surface area (Å²) in [6.45, 7) is 3.88. The molecule has 104 valence electrons. The molecule has 0 aliphatic heterocycles. The van der Waals surface area contributed by atoms with Crippen molar-refractivity contribution in [1.82, 2.24) is 5.32 Å². The van der Waals surface area contributed by atoms with Crippen molar-refractivity contribution in [2.45, 2.75) is 32.7 Å². The summed E-state index contributed by atoms with van der Waals surface area (Å²) in [5.74, 6) is -0.864. The second-order valence-corrected chi connectivity index (χ2v) is 5.30. The van der Waals surface area contributed by atoms with E-state index in [1.807, 2.05) is 13.8 Å². The number of benzene rings is 1. The molecule has 0 aliphatic rings. The summed E-state index contributed by atoms with van der Waals surface area (Å²) in [6.07, 6.45) is 0.231. The molecule has 19 heavy (non-hydrogen) atoms. The van der Waals surface area contributed by atoms with E-state index in [9.17, 15) is 9.59 Å². The molecule has 4 nitrogen and oxygen atoms in total. The Bertz CT molecular complexity index is 443. The first kappa shape index (κ1) is 15.5. The highest BCUT2D eigenvalue weighted by Crippen LogP contribution is 2.20. The molecule has 5 heteroatoms. The molecule has 0 radical (unpaired) electrons. The maximum atomic E-state index is 11.8. The van der Waals surface area contributed by atoms with Gasteiger partial charge in [-0.3, -0.25) is 9.59 Å². The van der Waals surface area contributed by atoms with Crippen molar-refractivity contribution in [1.29, 1.82) is 0 Å². The summed E-state index contributed by atoms with van der Waals surface area (Å²) in [5, 5.41) is 12.2. The van der Waals surface area contributed by atoms with Crippen molar-refractivity contribution < 1.29 is 14.7 Å². The van der Waals surface area contributed by atoms with Gasteiger partial charge >= 0.3 is 5.97 Å². The minimum absolute atomic E-state index is 0.142. The van der Waals surface area contributed by atoms with Gasteiger partial charge < -0.3 is 10.4 Å². The standard InChI is InChI=1S/C14H18ClNO3/c1-9(2)7-13(17)16-12(8-14(18)19)10-3-5-11(15)6-4-10/h3-6,9,12H,7-8H2,1-2H3,(H,16,17)(H,18,19)/t12-/m0/s1. The third-order valence-electron chi connectivity index (χ3n) is 2.58. The lowest BCUT2D eigenvalue weighted by Crippen LogP contribution is -2.30. The van der Waals surface area contributed by atoms with Crippen LogP contribution in [0.15, 0.2) is 24.3 Å². The van der Waals surface area contributed by atoms with Gasteiger partial charge in [0, 0.05) is 11.4 Å². The molecule has 1 aromatic carbocycles. The molecule has 0 spiro atoms. The van der Waals surface area contributed by atoms with E-state index in [1.165, 1.54) is 0 Å². The number of carboxylic acid groups (broad SMARTS) is 1. The molecule has 2 N–H and O–H groups in total. The van der Waals surface area contributed by atoms with E-state index < -0.39 is 12.0 Å². The molecule has 1 aromatic rings. The summed E-state index contributed by atoms with van der Waals surface area (Å²) >= 11 is 5.79. The monoisotopic (exact) mass is 283 g/mol. The second kappa shape index (κ2) is 7.14. The molecule has 0 saturated carbocycles. The normalized spacial score (nSPS) is 12.2. The van der Waals surface area contributed by atoms with E-state index in [-0.39, 0.29) is 18.2 Å². The van der Waals surface area contributed by atoms with E-state index in [0.717, 1.165) is 5.56 Å². The summed E-state index contributed by atoms with van der Waals surface area (Å²) in [4.78, 5) is 22.6. The van der Waals surface area contributed by atoms with Crippen molar-refractivity contribution >= 4 is 23.5 Å². The lowest BCUT2D eigenvalue weighted by atomic mass is 10.0. The fourth-order valence-corrected chi connectivity index (χ4v) is 1.87. The van der Waals surface area contributed by atoms with Gasteiger partial charge in [-0.2, -0.15) is 0 Å². The highest BCUT2D eigenvalue weighted by Gasteiger charge is 2.18. The highest BCUT2D eigenvalue weighted by atomic mass is 35.5. The van der Waals surface area contributed by atoms with Crippen molar-refractivity contribution in [2.75, 3.05) is 0 Å². The van der Waals surface area contributed by atoms with Crippen LogP contribution in [0, 0.1) is 5.92 Å². The molecule has 1 amide bonds. The Morgan fingerprint density at radius 3 is 2.26 bits per heavy atom. The fourth-order valence-electron chi connectivity index (χ4n) is 1.75. The van der Waals surface area contributed by atoms with Crippen LogP contribution in [0.3, 0.4) is 0 Å². The zero-order valence-corrected chi connectivity index (χ0v) is 11.8. The molecular weight excluding hydrogens is 266 g/mol. The van der Waals surface area contributed by atoms with Gasteiger partial charge in [0.15, 0.2) is 0 Å². The number of aliphatic carboxylic acids is 1. The lowest BCUT2D eigenvalue weighted by molar-refractivity contribution is -0.137. The minimum Gasteiger partial charge on any atom is -0.481 e. The average Bonchev–Trinajstić information content (AvgIpc) is 2.27. The molecule has 0 bridgehead atoms. The van der Waals surface area contributed by atoms with E-state index in [2.05, 4.69) is 5.32 Å². The molecular formula is C14H18ClNO3. The number of rotatable bonds is 6. The molecule has 0 saturated heterocycles. The lowest BCUT2D eigenvalue weighted by Gasteiger charge is -2.18. The number of carbonyl (C=O) groups excluding carboxylic acids is 1. The Labute approximate surface area is 117 Å². The van der Waals surface area contributed by atoms with Gasteiger partial charge in [-0.1, -0.05) is 37.6 Å². The van der Waals surface area contributed by atoms with Crippen LogP contribution in [-0.2, 0) is 9.59 Å². The first-order chi connectivity index (χ1) is 8.88. The fraction of sp³-hybridized carbons (Fsp3) is 0.429. The van der Waals surface area contributed by atoms with Gasteiger partial charge in [0.05, 0.1) is 12.5 Å². The Morgan fingerprint density at radius 1 is 1.21 bits per heavy atom. The van der Waals surface area contributed by atoms with Crippen LogP contribution in [0.1, 0.15) is 38.3 Å². The zero-order valence-electron chi connectivity index (χ0n) is 11.0. The quantitative estimate of drug-likeness (QED) is 0.843. The van der Waals surface area contributed by atoms with Crippen LogP contribution in [0.4, 0.5) is 0 Å². The zero-order chi connectivity index (χ0) is 14.4. The summed E-state index contributed by atoms with van der Waals surface area (Å²) in [5.41, 5.74) is 0.740. The van der Waals surface area contributed by atoms with Crippen molar-refractivity contribution in [2.24, 2.45) is 5.92 Å². The molecule has 0 unspecified atom stereocenters. The first-order valence-corrected chi connectivity index (χ1v) is 6.53. The number of hydrogen-bond donors (Lipinski definition) is 2. The molecule has 1 atom stereocenters. The van der Waals surface area contributed by atoms with Gasteiger partial charge in [-0.05, 0) is 23.6 Å². The summed E-state index contributed by atoms with van der Waals surface area (Å²) in [7, 11) is 0. The maximum absolute atomic E-state index is 11.8. The van der Waals surface area contributed by atoms with Crippen LogP contribution >= 0.6 is 11.6 Å². The average molecular weight is 284 g/mol. The molecule has 0 aliphatic carbocycles. The van der Waals surface area contributed by atoms with Gasteiger partial charge in [0.2, 0.25) is 5.91 Å². The largest absolute Gasteiger partial charge is 0.481 e. The maximum Gasteiger partial charge on any atom is 0.305 e. The number of carboxylic acids is 1. The van der Waals surface area contributed by atoms with Gasteiger partial charge in [-0.25, -0.2) is 0 Å². The Hall–Kier alpha value is -1.55. The Balaban J connectivity index is 2.79. The minimum atomic E-state index is -0.954. The third kappa shape index (κ3) is 5.75. The predicted octanol–water partition coefficient (Wildman–Crippen LogP) is 3.02. The first-order valence-electron chi connectivity index (χ1n) is 6.15. The topological polar surface area (TPSA) is 66.4 Å². The van der Waals surface area contributed by atoms with Crippen molar-refractivity contribution in [3.63, 3.8) is 0 Å². The van der Waals surface area contributed by atoms with Gasteiger partial charge in [-0.15, -0.1) is 0 Å². The molecule has 0 fully saturated rings. The van der Waals surface area contributed by atoms with E-state index in [1.54, 1.807) is 24.3 Å². The Morgan fingerprint density at radius 2 is 1.79 bits per heavy atom. The highest BCUT2D eigenvalue weighted by molar-refractivity contribution is 6.30. The molecule has 0 aromatic heterocycles. The van der Waals surface area contributed by atoms with Crippen LogP contribution in [0.25, 0.3) is 0 Å². The number of amides is 1. The predicted molar refractivity (Wildman–Crippen MR) is 74.0 cm³/mol. The summed E-state index contributed by atoms with van der Waals surface area (Å²) in [6, 6.07) is 6.29. The second-order valence-electron chi connectivity index (χ2n) is 4.87. The van der Waals surface area contributed by atoms with E-state index in [0.29, 0.717) is 11.4 Å². The van der Waals surface area contributed by atoms with Crippen molar-refractivity contribution in [3.8, 4) is 0 Å². The van der Waals surface area contributed by atoms with Gasteiger partial charge in [0.25, 0.3) is 0 Å². The van der Waals surface area contributed by atoms with Crippen LogP contribution in [0.2, 0.25) is 5.02 Å². The summed E-state index contributed by atoms with van der Waals surface area (Å²) < 4.78 is 0. The number of halogens is 1. The smallest absolute Gasteiger partial charge is 0.305 e. The van der Waals surface area contributed by atoms with Crippen LogP contribution in [-0.4, -0.2) is 17.0 Å². The number of nitrogens with one attached hydrogen (secondary N) is 1. The van der Waals surface area contributed by atoms with E-state index in [4.69, 9.17) is 16.7 Å². The number of carbonyl (C=O) groups is 2. The van der Waals surface area contributed by atoms with Crippen LogP contribution in [0.5, 0.6) is 0 Å². The molecule has 0 heterocycles. The molecule has 1 rings (SSSR count). The van der Waals surface area contributed by atoms with E-state index >= 15 is 0 Å². The Kier molecular flexibility index (Phi) is 5.83. The van der Waals surface area contributed by atoms with Crippen LogP contribution < -0.4 is 5.32 Å². The third-order valence-corrected chi connectivity index (χ3v) is 2.83. The number of hydrogen-bond acceptors (Lipinski definition) is 2. The van der Waals surface area contributed by atoms with Crippen molar-refractivity contribution in [3.05, 3.63) is 34.9 Å². The van der Waals surface area contributed by atoms with Gasteiger partial charge in [0.1, 0.15) is 0 Å². The SMILES string of the molecule is CC(C)CC(=O)N[C@@H](CC(=O)O)c1ccc(Cl)cc1.